The fourth-order valence-electron chi connectivity index (χ4n) is 3.26. The van der Waals surface area contributed by atoms with E-state index in [0.29, 0.717) is 36.8 Å². The van der Waals surface area contributed by atoms with E-state index in [2.05, 4.69) is 20.8 Å². The fourth-order valence-corrected chi connectivity index (χ4v) is 3.26. The number of aryl methyl sites for hydroxylation is 1. The molecule has 0 radical (unpaired) electrons. The van der Waals surface area contributed by atoms with Gasteiger partial charge in [0.15, 0.2) is 5.82 Å². The molecule has 1 aromatic carbocycles. The summed E-state index contributed by atoms with van der Waals surface area (Å²) >= 11 is 0. The lowest BCUT2D eigenvalue weighted by molar-refractivity contribution is -0.137. The maximum absolute atomic E-state index is 13.1. The molecule has 0 unspecified atom stereocenters. The standard InChI is InChI=1S/C20H26F3N5O2/c1-13(2)18-26-17(30-27-18)6-5-9-24-19(29)25-15-12-14(20(21,22)23)7-8-16(15)28-10-3-4-11-28/h7-8,12-13H,3-6,9-11H2,1-2H3,(H2,24,25,29). The van der Waals surface area contributed by atoms with Gasteiger partial charge in [0.25, 0.3) is 0 Å². The second-order valence-corrected chi connectivity index (χ2v) is 7.61. The minimum absolute atomic E-state index is 0.155. The number of hydrogen-bond acceptors (Lipinski definition) is 5. The molecule has 1 aromatic heterocycles. The summed E-state index contributed by atoms with van der Waals surface area (Å²) < 4.78 is 44.5. The Balaban J connectivity index is 1.57. The zero-order valence-corrected chi connectivity index (χ0v) is 17.1. The first kappa shape index (κ1) is 21.9. The summed E-state index contributed by atoms with van der Waals surface area (Å²) in [7, 11) is 0. The average molecular weight is 425 g/mol. The molecule has 0 atom stereocenters. The molecule has 0 bridgehead atoms. The van der Waals surface area contributed by atoms with Gasteiger partial charge in [-0.25, -0.2) is 4.79 Å². The summed E-state index contributed by atoms with van der Waals surface area (Å²) in [6.07, 6.45) is -1.46. The lowest BCUT2D eigenvalue weighted by atomic mass is 10.1. The van der Waals surface area contributed by atoms with Gasteiger partial charge in [-0.3, -0.25) is 0 Å². The highest BCUT2D eigenvalue weighted by Crippen LogP contribution is 2.36. The summed E-state index contributed by atoms with van der Waals surface area (Å²) in [5.41, 5.74) is -0.0384. The smallest absolute Gasteiger partial charge is 0.370 e. The minimum Gasteiger partial charge on any atom is -0.370 e. The molecule has 0 aliphatic carbocycles. The monoisotopic (exact) mass is 425 g/mol. The Morgan fingerprint density at radius 1 is 1.27 bits per heavy atom. The van der Waals surface area contributed by atoms with Crippen molar-refractivity contribution in [2.45, 2.75) is 51.6 Å². The molecule has 164 valence electrons. The van der Waals surface area contributed by atoms with E-state index in [1.54, 1.807) is 0 Å². The normalized spacial score (nSPS) is 14.4. The van der Waals surface area contributed by atoms with Crippen molar-refractivity contribution in [2.24, 2.45) is 0 Å². The van der Waals surface area contributed by atoms with Crippen LogP contribution in [0.1, 0.15) is 56.3 Å². The number of hydrogen-bond donors (Lipinski definition) is 2. The molecule has 0 spiro atoms. The van der Waals surface area contributed by atoms with Crippen LogP contribution in [-0.2, 0) is 12.6 Å². The largest absolute Gasteiger partial charge is 0.416 e. The molecule has 0 saturated carbocycles. The average Bonchev–Trinajstić information content (AvgIpc) is 3.36. The topological polar surface area (TPSA) is 83.3 Å². The predicted molar refractivity (Wildman–Crippen MR) is 107 cm³/mol. The number of anilines is 2. The minimum atomic E-state index is -4.48. The molecule has 1 saturated heterocycles. The Morgan fingerprint density at radius 3 is 2.63 bits per heavy atom. The molecule has 7 nitrogen and oxygen atoms in total. The first-order valence-electron chi connectivity index (χ1n) is 10.1. The van der Waals surface area contributed by atoms with Gasteiger partial charge in [-0.15, -0.1) is 0 Å². The van der Waals surface area contributed by atoms with Crippen molar-refractivity contribution in [3.8, 4) is 0 Å². The predicted octanol–water partition coefficient (Wildman–Crippen LogP) is 4.57. The van der Waals surface area contributed by atoms with Crippen molar-refractivity contribution in [1.29, 1.82) is 0 Å². The van der Waals surface area contributed by atoms with Crippen LogP contribution in [-0.4, -0.2) is 35.8 Å². The number of carbonyl (C=O) groups excluding carboxylic acids is 1. The molecule has 3 rings (SSSR count). The van der Waals surface area contributed by atoms with Crippen LogP contribution in [0.15, 0.2) is 22.7 Å². The molecule has 2 amide bonds. The number of aromatic nitrogens is 2. The van der Waals surface area contributed by atoms with Gasteiger partial charge in [-0.1, -0.05) is 19.0 Å². The Morgan fingerprint density at radius 2 is 2.00 bits per heavy atom. The van der Waals surface area contributed by atoms with Crippen LogP contribution < -0.4 is 15.5 Å². The van der Waals surface area contributed by atoms with Gasteiger partial charge in [-0.05, 0) is 37.5 Å². The van der Waals surface area contributed by atoms with Crippen LogP contribution in [0.4, 0.5) is 29.3 Å². The molecule has 1 aliphatic rings. The Labute approximate surface area is 173 Å². The number of urea groups is 1. The van der Waals surface area contributed by atoms with Crippen molar-refractivity contribution in [3.63, 3.8) is 0 Å². The van der Waals surface area contributed by atoms with Crippen LogP contribution in [0.3, 0.4) is 0 Å². The van der Waals surface area contributed by atoms with Crippen LogP contribution >= 0.6 is 0 Å². The summed E-state index contributed by atoms with van der Waals surface area (Å²) in [6, 6.07) is 2.90. The lowest BCUT2D eigenvalue weighted by Gasteiger charge is -2.23. The fraction of sp³-hybridized carbons (Fsp3) is 0.550. The van der Waals surface area contributed by atoms with E-state index >= 15 is 0 Å². The zero-order chi connectivity index (χ0) is 21.7. The number of nitrogens with one attached hydrogen (secondary N) is 2. The summed E-state index contributed by atoms with van der Waals surface area (Å²) in [5, 5.41) is 9.12. The Hall–Kier alpha value is -2.78. The lowest BCUT2D eigenvalue weighted by Crippen LogP contribution is -2.31. The van der Waals surface area contributed by atoms with E-state index in [1.165, 1.54) is 6.07 Å². The molecule has 30 heavy (non-hydrogen) atoms. The van der Waals surface area contributed by atoms with Crippen molar-refractivity contribution >= 4 is 17.4 Å². The van der Waals surface area contributed by atoms with Gasteiger partial charge >= 0.3 is 12.2 Å². The van der Waals surface area contributed by atoms with Crippen molar-refractivity contribution in [3.05, 3.63) is 35.5 Å². The zero-order valence-electron chi connectivity index (χ0n) is 17.1. The third kappa shape index (κ3) is 5.64. The van der Waals surface area contributed by atoms with Crippen LogP contribution in [0.2, 0.25) is 0 Å². The number of nitrogens with zero attached hydrogens (tertiary/aromatic N) is 3. The number of alkyl halides is 3. The van der Waals surface area contributed by atoms with Gasteiger partial charge < -0.3 is 20.1 Å². The van der Waals surface area contributed by atoms with Crippen LogP contribution in [0.5, 0.6) is 0 Å². The highest BCUT2D eigenvalue weighted by Gasteiger charge is 2.32. The number of amides is 2. The van der Waals surface area contributed by atoms with Crippen LogP contribution in [0.25, 0.3) is 0 Å². The van der Waals surface area contributed by atoms with Gasteiger partial charge in [-0.2, -0.15) is 18.2 Å². The Kier molecular flexibility index (Phi) is 6.84. The van der Waals surface area contributed by atoms with Gasteiger partial charge in [0.2, 0.25) is 5.89 Å². The third-order valence-electron chi connectivity index (χ3n) is 4.87. The molecule has 1 aliphatic heterocycles. The van der Waals surface area contributed by atoms with E-state index in [1.807, 2.05) is 18.7 Å². The second kappa shape index (κ2) is 9.36. The van der Waals surface area contributed by atoms with Gasteiger partial charge in [0, 0.05) is 32.0 Å². The van der Waals surface area contributed by atoms with Gasteiger partial charge in [0.1, 0.15) is 0 Å². The first-order valence-corrected chi connectivity index (χ1v) is 10.1. The SMILES string of the molecule is CC(C)c1noc(CCCNC(=O)Nc2cc(C(F)(F)F)ccc2N2CCCC2)n1. The maximum Gasteiger partial charge on any atom is 0.416 e. The highest BCUT2D eigenvalue weighted by molar-refractivity contribution is 5.93. The quantitative estimate of drug-likeness (QED) is 0.635. The highest BCUT2D eigenvalue weighted by atomic mass is 19.4. The van der Waals surface area contributed by atoms with Crippen molar-refractivity contribution < 1.29 is 22.5 Å². The van der Waals surface area contributed by atoms with E-state index in [9.17, 15) is 18.0 Å². The molecule has 1 fully saturated rings. The molecular weight excluding hydrogens is 399 g/mol. The number of halogens is 3. The van der Waals surface area contributed by atoms with Crippen molar-refractivity contribution in [2.75, 3.05) is 29.9 Å². The van der Waals surface area contributed by atoms with Crippen LogP contribution in [0, 0.1) is 0 Å². The number of benzene rings is 1. The third-order valence-corrected chi connectivity index (χ3v) is 4.87. The molecule has 2 heterocycles. The van der Waals surface area contributed by atoms with E-state index < -0.39 is 17.8 Å². The van der Waals surface area contributed by atoms with E-state index in [0.717, 1.165) is 38.1 Å². The summed E-state index contributed by atoms with van der Waals surface area (Å²) in [6.45, 7) is 5.76. The molecule has 2 aromatic rings. The van der Waals surface area contributed by atoms with Gasteiger partial charge in [0.05, 0.1) is 16.9 Å². The summed E-state index contributed by atoms with van der Waals surface area (Å²) in [4.78, 5) is 18.5. The van der Waals surface area contributed by atoms with E-state index in [-0.39, 0.29) is 11.6 Å². The first-order chi connectivity index (χ1) is 14.2. The van der Waals surface area contributed by atoms with E-state index in [4.69, 9.17) is 4.52 Å². The second-order valence-electron chi connectivity index (χ2n) is 7.61. The molecule has 10 heteroatoms. The summed E-state index contributed by atoms with van der Waals surface area (Å²) in [5.74, 6) is 1.30. The number of rotatable bonds is 7. The maximum atomic E-state index is 13.1. The Bertz CT molecular complexity index is 860. The molecular formula is C20H26F3N5O2. The number of carbonyl (C=O) groups is 1. The molecule has 2 N–H and O–H groups in total. The van der Waals surface area contributed by atoms with Crippen molar-refractivity contribution in [1.82, 2.24) is 15.5 Å².